The third-order valence-electron chi connectivity index (χ3n) is 6.79. The molecule has 1 fully saturated rings. The summed E-state index contributed by atoms with van der Waals surface area (Å²) in [6, 6.07) is 10.4. The summed E-state index contributed by atoms with van der Waals surface area (Å²) in [5.41, 5.74) is 4.29. The van der Waals surface area contributed by atoms with E-state index in [-0.39, 0.29) is 11.7 Å². The van der Waals surface area contributed by atoms with Crippen LogP contribution in [0.5, 0.6) is 5.75 Å². The van der Waals surface area contributed by atoms with Crippen molar-refractivity contribution in [3.05, 3.63) is 71.9 Å². The number of methoxy groups -OCH3 is 1. The molecule has 4 aromatic rings. The Bertz CT molecular complexity index is 1410. The minimum absolute atomic E-state index is 0.0686. The molecule has 0 bridgehead atoms. The number of amides is 1. The van der Waals surface area contributed by atoms with E-state index in [4.69, 9.17) is 9.47 Å². The van der Waals surface area contributed by atoms with Gasteiger partial charge in [0.2, 0.25) is 0 Å². The van der Waals surface area contributed by atoms with Gasteiger partial charge in [0.05, 0.1) is 19.0 Å². The average Bonchev–Trinajstić information content (AvgIpc) is 3.34. The Balaban J connectivity index is 1.29. The molecule has 5 rings (SSSR count). The van der Waals surface area contributed by atoms with Crippen LogP contribution in [0.15, 0.2) is 55.0 Å². The number of benzene rings is 2. The molecule has 0 spiro atoms. The number of hydrogen-bond acceptors (Lipinski definition) is 6. The number of nitrogens with zero attached hydrogens (tertiary/aromatic N) is 3. The predicted octanol–water partition coefficient (Wildman–Crippen LogP) is 5.14. The molecule has 1 aliphatic heterocycles. The smallest absolute Gasteiger partial charge is 0.251 e. The Morgan fingerprint density at radius 1 is 1.19 bits per heavy atom. The van der Waals surface area contributed by atoms with Crippen molar-refractivity contribution in [2.75, 3.05) is 32.2 Å². The largest absolute Gasteiger partial charge is 0.494 e. The number of imidazole rings is 1. The lowest BCUT2D eigenvalue weighted by Gasteiger charge is -2.22. The SMILES string of the molecule is COc1ccc(-c2cnc3c(Nc4ccc(C(=O)NCCC5CCOCC5)c(C)c4)nccn23)cc1F. The Hall–Kier alpha value is -3.98. The highest BCUT2D eigenvalue weighted by Crippen LogP contribution is 2.29. The average molecular weight is 504 g/mol. The van der Waals surface area contributed by atoms with Gasteiger partial charge in [-0.25, -0.2) is 14.4 Å². The molecule has 9 heteroatoms. The summed E-state index contributed by atoms with van der Waals surface area (Å²) in [6.45, 7) is 4.21. The van der Waals surface area contributed by atoms with E-state index in [0.717, 1.165) is 49.4 Å². The summed E-state index contributed by atoms with van der Waals surface area (Å²) in [7, 11) is 1.44. The van der Waals surface area contributed by atoms with E-state index in [1.165, 1.54) is 13.2 Å². The van der Waals surface area contributed by atoms with Crippen LogP contribution in [0.25, 0.3) is 16.9 Å². The number of rotatable bonds is 8. The number of carbonyl (C=O) groups excluding carboxylic acids is 1. The number of nitrogens with one attached hydrogen (secondary N) is 2. The second kappa shape index (κ2) is 11.0. The number of aromatic nitrogens is 3. The zero-order chi connectivity index (χ0) is 25.8. The summed E-state index contributed by atoms with van der Waals surface area (Å²) in [5, 5.41) is 6.35. The van der Waals surface area contributed by atoms with Gasteiger partial charge in [-0.1, -0.05) is 0 Å². The summed E-state index contributed by atoms with van der Waals surface area (Å²) >= 11 is 0. The summed E-state index contributed by atoms with van der Waals surface area (Å²) < 4.78 is 26.6. The van der Waals surface area contributed by atoms with Crippen LogP contribution in [-0.2, 0) is 4.74 Å². The Morgan fingerprint density at radius 2 is 2.03 bits per heavy atom. The topological polar surface area (TPSA) is 89.8 Å². The molecule has 3 heterocycles. The van der Waals surface area contributed by atoms with E-state index >= 15 is 0 Å². The molecule has 0 atom stereocenters. The monoisotopic (exact) mass is 503 g/mol. The number of halogens is 1. The number of fused-ring (bicyclic) bond motifs is 1. The van der Waals surface area contributed by atoms with Gasteiger partial charge in [0, 0.05) is 49.0 Å². The van der Waals surface area contributed by atoms with Gasteiger partial charge in [-0.2, -0.15) is 0 Å². The lowest BCUT2D eigenvalue weighted by Crippen LogP contribution is -2.28. The van der Waals surface area contributed by atoms with Gasteiger partial charge in [0.1, 0.15) is 0 Å². The standard InChI is InChI=1S/C28H30FN5O3/c1-18-15-21(4-5-22(18)28(35)31-10-7-19-8-13-37-14-9-19)33-26-27-32-17-24(34(27)12-11-30-26)20-3-6-25(36-2)23(29)16-20/h3-6,11-12,15-17,19H,7-10,13-14H2,1-2H3,(H,30,33)(H,31,35). The number of ether oxygens (including phenoxy) is 2. The van der Waals surface area contributed by atoms with Crippen LogP contribution < -0.4 is 15.4 Å². The fourth-order valence-electron chi connectivity index (χ4n) is 4.70. The second-order valence-corrected chi connectivity index (χ2v) is 9.22. The van der Waals surface area contributed by atoms with Gasteiger partial charge in [0.25, 0.3) is 5.91 Å². The summed E-state index contributed by atoms with van der Waals surface area (Å²) in [6.07, 6.45) is 8.22. The van der Waals surface area contributed by atoms with Crippen molar-refractivity contribution < 1.29 is 18.7 Å². The summed E-state index contributed by atoms with van der Waals surface area (Å²) in [4.78, 5) is 21.7. The van der Waals surface area contributed by atoms with Gasteiger partial charge in [-0.05, 0) is 74.1 Å². The van der Waals surface area contributed by atoms with Crippen LogP contribution in [0.2, 0.25) is 0 Å². The molecule has 1 aliphatic rings. The molecular formula is C28H30FN5O3. The van der Waals surface area contributed by atoms with Crippen molar-refractivity contribution >= 4 is 23.1 Å². The van der Waals surface area contributed by atoms with E-state index < -0.39 is 5.82 Å². The van der Waals surface area contributed by atoms with Crippen molar-refractivity contribution in [1.29, 1.82) is 0 Å². The van der Waals surface area contributed by atoms with Crippen molar-refractivity contribution in [3.8, 4) is 17.0 Å². The molecule has 37 heavy (non-hydrogen) atoms. The molecule has 1 saturated heterocycles. The highest BCUT2D eigenvalue weighted by atomic mass is 19.1. The molecule has 1 amide bonds. The van der Waals surface area contributed by atoms with Gasteiger partial charge < -0.3 is 20.1 Å². The summed E-state index contributed by atoms with van der Waals surface area (Å²) in [5.74, 6) is 0.847. The van der Waals surface area contributed by atoms with Crippen LogP contribution >= 0.6 is 0 Å². The van der Waals surface area contributed by atoms with E-state index in [9.17, 15) is 9.18 Å². The van der Waals surface area contributed by atoms with Crippen LogP contribution in [0.1, 0.15) is 35.2 Å². The van der Waals surface area contributed by atoms with E-state index in [0.29, 0.717) is 35.1 Å². The van der Waals surface area contributed by atoms with Crippen molar-refractivity contribution in [3.63, 3.8) is 0 Å². The molecule has 2 aromatic carbocycles. The fraction of sp³-hybridized carbons (Fsp3) is 0.321. The number of aryl methyl sites for hydroxylation is 1. The Kier molecular flexibility index (Phi) is 7.32. The van der Waals surface area contributed by atoms with Crippen LogP contribution in [-0.4, -0.2) is 47.1 Å². The number of anilines is 2. The first kappa shape index (κ1) is 24.7. The lowest BCUT2D eigenvalue weighted by molar-refractivity contribution is 0.0636. The minimum Gasteiger partial charge on any atom is -0.494 e. The van der Waals surface area contributed by atoms with E-state index in [1.54, 1.807) is 30.7 Å². The maximum Gasteiger partial charge on any atom is 0.251 e. The molecule has 2 aromatic heterocycles. The highest BCUT2D eigenvalue weighted by molar-refractivity contribution is 5.96. The van der Waals surface area contributed by atoms with Crippen molar-refractivity contribution in [2.45, 2.75) is 26.2 Å². The molecule has 0 saturated carbocycles. The fourth-order valence-corrected chi connectivity index (χ4v) is 4.70. The molecule has 0 aliphatic carbocycles. The molecular weight excluding hydrogens is 473 g/mol. The molecule has 8 nitrogen and oxygen atoms in total. The first-order valence-corrected chi connectivity index (χ1v) is 12.4. The molecule has 0 unspecified atom stereocenters. The number of hydrogen-bond donors (Lipinski definition) is 2. The first-order valence-electron chi connectivity index (χ1n) is 12.4. The predicted molar refractivity (Wildman–Crippen MR) is 140 cm³/mol. The maximum atomic E-state index is 14.3. The number of carbonyl (C=O) groups is 1. The molecule has 0 radical (unpaired) electrons. The second-order valence-electron chi connectivity index (χ2n) is 9.22. The van der Waals surface area contributed by atoms with Crippen LogP contribution in [0.3, 0.4) is 0 Å². The maximum absolute atomic E-state index is 14.3. The van der Waals surface area contributed by atoms with Gasteiger partial charge in [-0.3, -0.25) is 9.20 Å². The van der Waals surface area contributed by atoms with Crippen molar-refractivity contribution in [2.24, 2.45) is 5.92 Å². The molecule has 2 N–H and O–H groups in total. The lowest BCUT2D eigenvalue weighted by atomic mass is 9.96. The minimum atomic E-state index is -0.439. The Morgan fingerprint density at radius 3 is 2.78 bits per heavy atom. The van der Waals surface area contributed by atoms with Crippen LogP contribution in [0.4, 0.5) is 15.9 Å². The highest BCUT2D eigenvalue weighted by Gasteiger charge is 2.16. The van der Waals surface area contributed by atoms with E-state index in [2.05, 4.69) is 20.6 Å². The van der Waals surface area contributed by atoms with Gasteiger partial charge in [-0.15, -0.1) is 0 Å². The van der Waals surface area contributed by atoms with Gasteiger partial charge in [0.15, 0.2) is 23.0 Å². The third kappa shape index (κ3) is 5.41. The van der Waals surface area contributed by atoms with Gasteiger partial charge >= 0.3 is 0 Å². The zero-order valence-corrected chi connectivity index (χ0v) is 21.0. The third-order valence-corrected chi connectivity index (χ3v) is 6.79. The van der Waals surface area contributed by atoms with Crippen LogP contribution in [0, 0.1) is 18.7 Å². The normalized spacial score (nSPS) is 14.0. The first-order chi connectivity index (χ1) is 18.0. The molecule has 192 valence electrons. The zero-order valence-electron chi connectivity index (χ0n) is 21.0. The van der Waals surface area contributed by atoms with Crippen molar-refractivity contribution in [1.82, 2.24) is 19.7 Å². The Labute approximate surface area is 214 Å². The quantitative estimate of drug-likeness (QED) is 0.346. The van der Waals surface area contributed by atoms with E-state index in [1.807, 2.05) is 29.5 Å².